The van der Waals surface area contributed by atoms with Gasteiger partial charge >= 0.3 is 0 Å². The largest absolute Gasteiger partial charge is 0.380 e. The molecule has 6 heteroatoms. The van der Waals surface area contributed by atoms with Crippen LogP contribution in [0.15, 0.2) is 0 Å². The molecule has 2 saturated heterocycles. The number of nitrogens with one attached hydrogen (secondary N) is 2. The molecule has 2 rings (SSSR count). The van der Waals surface area contributed by atoms with Crippen molar-refractivity contribution in [2.75, 3.05) is 26.3 Å². The molecule has 2 aliphatic rings. The van der Waals surface area contributed by atoms with E-state index in [-0.39, 0.29) is 5.25 Å². The number of piperidine rings is 1. The van der Waals surface area contributed by atoms with Gasteiger partial charge in [0.15, 0.2) is 0 Å². The summed E-state index contributed by atoms with van der Waals surface area (Å²) in [6.45, 7) is 4.74. The van der Waals surface area contributed by atoms with E-state index in [0.29, 0.717) is 19.4 Å². The van der Waals surface area contributed by atoms with Crippen molar-refractivity contribution in [3.63, 3.8) is 0 Å². The van der Waals surface area contributed by atoms with Crippen molar-refractivity contribution < 1.29 is 13.2 Å². The molecule has 17 heavy (non-hydrogen) atoms. The van der Waals surface area contributed by atoms with Crippen LogP contribution < -0.4 is 10.0 Å². The zero-order valence-electron chi connectivity index (χ0n) is 10.4. The van der Waals surface area contributed by atoms with Crippen molar-refractivity contribution in [1.29, 1.82) is 0 Å². The van der Waals surface area contributed by atoms with Crippen LogP contribution in [0.5, 0.6) is 0 Å². The van der Waals surface area contributed by atoms with Crippen molar-refractivity contribution in [2.24, 2.45) is 0 Å². The van der Waals surface area contributed by atoms with Gasteiger partial charge in [-0.25, -0.2) is 13.1 Å². The SMILES string of the molecule is CC1(NS(=O)(=O)C2CCNCC2)CCCOC1. The zero-order chi connectivity index (χ0) is 12.4. The molecule has 0 aromatic rings. The van der Waals surface area contributed by atoms with E-state index in [4.69, 9.17) is 4.74 Å². The highest BCUT2D eigenvalue weighted by atomic mass is 32.2. The summed E-state index contributed by atoms with van der Waals surface area (Å²) in [5, 5.41) is 2.94. The number of sulfonamides is 1. The van der Waals surface area contributed by atoms with Crippen molar-refractivity contribution in [1.82, 2.24) is 10.0 Å². The Balaban J connectivity index is 2.00. The second-order valence-corrected chi connectivity index (χ2v) is 7.27. The first-order valence-corrected chi connectivity index (χ1v) is 7.88. The van der Waals surface area contributed by atoms with Gasteiger partial charge in [-0.15, -0.1) is 0 Å². The lowest BCUT2D eigenvalue weighted by molar-refractivity contribution is 0.0385. The molecular formula is C11H22N2O3S. The molecule has 0 aromatic heterocycles. The summed E-state index contributed by atoms with van der Waals surface area (Å²) < 4.78 is 32.8. The first-order valence-electron chi connectivity index (χ1n) is 6.33. The van der Waals surface area contributed by atoms with E-state index < -0.39 is 15.6 Å². The molecule has 2 N–H and O–H groups in total. The van der Waals surface area contributed by atoms with E-state index >= 15 is 0 Å². The minimum absolute atomic E-state index is 0.248. The van der Waals surface area contributed by atoms with Gasteiger partial charge in [-0.2, -0.15) is 0 Å². The van der Waals surface area contributed by atoms with Crippen LogP contribution in [-0.4, -0.2) is 45.5 Å². The lowest BCUT2D eigenvalue weighted by Crippen LogP contribution is -2.55. The Morgan fingerprint density at radius 2 is 2.06 bits per heavy atom. The third-order valence-electron chi connectivity index (χ3n) is 3.55. The molecule has 5 nitrogen and oxygen atoms in total. The van der Waals surface area contributed by atoms with Crippen LogP contribution in [0.4, 0.5) is 0 Å². The third kappa shape index (κ3) is 3.40. The van der Waals surface area contributed by atoms with Gasteiger partial charge in [0.1, 0.15) is 0 Å². The first kappa shape index (κ1) is 13.3. The molecule has 0 saturated carbocycles. The normalized spacial score (nSPS) is 32.5. The van der Waals surface area contributed by atoms with E-state index in [1.165, 1.54) is 0 Å². The Hall–Kier alpha value is -0.170. The summed E-state index contributed by atoms with van der Waals surface area (Å²) in [5.41, 5.74) is -0.415. The Bertz CT molecular complexity index is 344. The van der Waals surface area contributed by atoms with Gasteiger partial charge in [-0.05, 0) is 45.7 Å². The Morgan fingerprint density at radius 1 is 1.35 bits per heavy atom. The molecule has 2 fully saturated rings. The minimum atomic E-state index is -3.21. The van der Waals surface area contributed by atoms with Crippen LogP contribution in [-0.2, 0) is 14.8 Å². The van der Waals surface area contributed by atoms with Crippen molar-refractivity contribution in [3.8, 4) is 0 Å². The van der Waals surface area contributed by atoms with Gasteiger partial charge in [0, 0.05) is 6.61 Å². The van der Waals surface area contributed by atoms with Crippen molar-refractivity contribution >= 4 is 10.0 Å². The third-order valence-corrected chi connectivity index (χ3v) is 5.68. The fourth-order valence-electron chi connectivity index (χ4n) is 2.55. The van der Waals surface area contributed by atoms with Crippen LogP contribution in [0.2, 0.25) is 0 Å². The number of ether oxygens (including phenoxy) is 1. The predicted molar refractivity (Wildman–Crippen MR) is 66.4 cm³/mol. The number of rotatable bonds is 3. The average molecular weight is 262 g/mol. The van der Waals surface area contributed by atoms with Gasteiger partial charge in [0.2, 0.25) is 10.0 Å². The van der Waals surface area contributed by atoms with Gasteiger partial charge in [0.25, 0.3) is 0 Å². The Kier molecular flexibility index (Phi) is 4.07. The molecule has 1 unspecified atom stereocenters. The molecule has 0 amide bonds. The summed E-state index contributed by atoms with van der Waals surface area (Å²) in [5.74, 6) is 0. The van der Waals surface area contributed by atoms with Crippen LogP contribution in [0.3, 0.4) is 0 Å². The van der Waals surface area contributed by atoms with Crippen molar-refractivity contribution in [3.05, 3.63) is 0 Å². The topological polar surface area (TPSA) is 67.4 Å². The van der Waals surface area contributed by atoms with E-state index in [2.05, 4.69) is 10.0 Å². The van der Waals surface area contributed by atoms with Crippen LogP contribution in [0.1, 0.15) is 32.6 Å². The molecule has 2 heterocycles. The molecule has 2 aliphatic heterocycles. The summed E-state index contributed by atoms with van der Waals surface area (Å²) in [6.07, 6.45) is 3.18. The van der Waals surface area contributed by atoms with Gasteiger partial charge in [0.05, 0.1) is 17.4 Å². The first-order chi connectivity index (χ1) is 8.02. The Morgan fingerprint density at radius 3 is 2.65 bits per heavy atom. The molecule has 100 valence electrons. The second kappa shape index (κ2) is 5.22. The standard InChI is InChI=1S/C11H22N2O3S/c1-11(5-2-8-16-9-11)13-17(14,15)10-3-6-12-7-4-10/h10,12-13H,2-9H2,1H3. The summed E-state index contributed by atoms with van der Waals surface area (Å²) in [7, 11) is -3.21. The van der Waals surface area contributed by atoms with Crippen molar-refractivity contribution in [2.45, 2.75) is 43.4 Å². The van der Waals surface area contributed by atoms with Crippen LogP contribution in [0.25, 0.3) is 0 Å². The highest BCUT2D eigenvalue weighted by Gasteiger charge is 2.36. The molecule has 0 spiro atoms. The average Bonchev–Trinajstić information content (AvgIpc) is 2.30. The quantitative estimate of drug-likeness (QED) is 0.764. The van der Waals surface area contributed by atoms with Gasteiger partial charge in [-0.3, -0.25) is 0 Å². The lowest BCUT2D eigenvalue weighted by Gasteiger charge is -2.36. The summed E-state index contributed by atoms with van der Waals surface area (Å²) >= 11 is 0. The smallest absolute Gasteiger partial charge is 0.215 e. The van der Waals surface area contributed by atoms with E-state index in [1.807, 2.05) is 6.92 Å². The maximum Gasteiger partial charge on any atom is 0.215 e. The second-order valence-electron chi connectivity index (χ2n) is 5.31. The fraction of sp³-hybridized carbons (Fsp3) is 1.00. The van der Waals surface area contributed by atoms with Gasteiger partial charge < -0.3 is 10.1 Å². The number of hydrogen-bond acceptors (Lipinski definition) is 4. The van der Waals surface area contributed by atoms with E-state index in [9.17, 15) is 8.42 Å². The van der Waals surface area contributed by atoms with E-state index in [1.54, 1.807) is 0 Å². The highest BCUT2D eigenvalue weighted by molar-refractivity contribution is 7.90. The maximum absolute atomic E-state index is 12.3. The van der Waals surface area contributed by atoms with Gasteiger partial charge in [-0.1, -0.05) is 0 Å². The predicted octanol–water partition coefficient (Wildman–Crippen LogP) is 0.227. The number of hydrogen-bond donors (Lipinski definition) is 2. The summed E-state index contributed by atoms with van der Waals surface area (Å²) in [4.78, 5) is 0. The maximum atomic E-state index is 12.3. The minimum Gasteiger partial charge on any atom is -0.380 e. The lowest BCUT2D eigenvalue weighted by atomic mass is 9.97. The molecule has 0 aromatic carbocycles. The highest BCUT2D eigenvalue weighted by Crippen LogP contribution is 2.22. The van der Waals surface area contributed by atoms with E-state index in [0.717, 1.165) is 32.5 Å². The Labute approximate surface area is 103 Å². The van der Waals surface area contributed by atoms with Crippen LogP contribution >= 0.6 is 0 Å². The molecule has 0 bridgehead atoms. The molecular weight excluding hydrogens is 240 g/mol. The zero-order valence-corrected chi connectivity index (χ0v) is 11.2. The molecule has 0 radical (unpaired) electrons. The van der Waals surface area contributed by atoms with Crippen LogP contribution in [0, 0.1) is 0 Å². The summed E-state index contributed by atoms with van der Waals surface area (Å²) in [6, 6.07) is 0. The molecule has 0 aliphatic carbocycles. The fourth-order valence-corrected chi connectivity index (χ4v) is 4.42. The molecule has 1 atom stereocenters. The monoisotopic (exact) mass is 262 g/mol.